The molecule has 0 radical (unpaired) electrons. The second-order valence-electron chi connectivity index (χ2n) is 4.11. The highest BCUT2D eigenvalue weighted by molar-refractivity contribution is 5.97. The van der Waals surface area contributed by atoms with Gasteiger partial charge in [-0.1, -0.05) is 6.07 Å². The fraction of sp³-hybridized carbons (Fsp3) is 0.143. The van der Waals surface area contributed by atoms with E-state index in [0.717, 1.165) is 37.6 Å². The van der Waals surface area contributed by atoms with Crippen molar-refractivity contribution in [3.63, 3.8) is 0 Å². The van der Waals surface area contributed by atoms with Crippen LogP contribution >= 0.6 is 0 Å². The number of pyridine rings is 1. The first-order valence-electron chi connectivity index (χ1n) is 5.74. The van der Waals surface area contributed by atoms with E-state index in [-0.39, 0.29) is 16.7 Å². The zero-order valence-corrected chi connectivity index (χ0v) is 10.7. The summed E-state index contributed by atoms with van der Waals surface area (Å²) >= 11 is 0. The summed E-state index contributed by atoms with van der Waals surface area (Å²) in [5, 5.41) is 0. The van der Waals surface area contributed by atoms with Gasteiger partial charge in [0, 0.05) is 17.3 Å². The SMILES string of the molecule is COC(=O)c1ccc(F)cc1-c1ccc(C(F)(F)F)nc1. The van der Waals surface area contributed by atoms with Gasteiger partial charge in [0.15, 0.2) is 0 Å². The van der Waals surface area contributed by atoms with Crippen LogP contribution in [0.2, 0.25) is 0 Å². The van der Waals surface area contributed by atoms with Gasteiger partial charge in [0.2, 0.25) is 0 Å². The van der Waals surface area contributed by atoms with E-state index in [9.17, 15) is 22.4 Å². The summed E-state index contributed by atoms with van der Waals surface area (Å²) in [5.41, 5.74) is -0.728. The quantitative estimate of drug-likeness (QED) is 0.627. The number of methoxy groups -OCH3 is 1. The number of carbonyl (C=O) groups is 1. The molecule has 2 aromatic rings. The van der Waals surface area contributed by atoms with Crippen LogP contribution in [0.25, 0.3) is 11.1 Å². The summed E-state index contributed by atoms with van der Waals surface area (Å²) in [4.78, 5) is 14.9. The fourth-order valence-corrected chi connectivity index (χ4v) is 1.76. The largest absolute Gasteiger partial charge is 0.465 e. The molecule has 0 aliphatic rings. The van der Waals surface area contributed by atoms with Gasteiger partial charge in [-0.25, -0.2) is 9.18 Å². The third-order valence-electron chi connectivity index (χ3n) is 2.75. The van der Waals surface area contributed by atoms with Crippen molar-refractivity contribution in [2.24, 2.45) is 0 Å². The Bertz CT molecular complexity index is 666. The molecular weight excluding hydrogens is 290 g/mol. The predicted octanol–water partition coefficient (Wildman–Crippen LogP) is 3.69. The van der Waals surface area contributed by atoms with E-state index in [2.05, 4.69) is 9.72 Å². The summed E-state index contributed by atoms with van der Waals surface area (Å²) in [6.45, 7) is 0. The lowest BCUT2D eigenvalue weighted by Gasteiger charge is -2.10. The van der Waals surface area contributed by atoms with Gasteiger partial charge >= 0.3 is 12.1 Å². The van der Waals surface area contributed by atoms with Crippen molar-refractivity contribution in [3.05, 3.63) is 53.6 Å². The molecule has 0 amide bonds. The van der Waals surface area contributed by atoms with Crippen molar-refractivity contribution < 1.29 is 27.1 Å². The van der Waals surface area contributed by atoms with Crippen LogP contribution in [0.3, 0.4) is 0 Å². The Morgan fingerprint density at radius 2 is 1.90 bits per heavy atom. The number of alkyl halides is 3. The zero-order valence-electron chi connectivity index (χ0n) is 10.7. The van der Waals surface area contributed by atoms with Gasteiger partial charge < -0.3 is 4.74 Å². The molecule has 110 valence electrons. The van der Waals surface area contributed by atoms with Gasteiger partial charge in [-0.15, -0.1) is 0 Å². The van der Waals surface area contributed by atoms with E-state index in [1.807, 2.05) is 0 Å². The highest BCUT2D eigenvalue weighted by Crippen LogP contribution is 2.30. The second kappa shape index (κ2) is 5.51. The van der Waals surface area contributed by atoms with E-state index >= 15 is 0 Å². The van der Waals surface area contributed by atoms with E-state index in [4.69, 9.17) is 0 Å². The highest BCUT2D eigenvalue weighted by atomic mass is 19.4. The molecule has 3 nitrogen and oxygen atoms in total. The minimum absolute atomic E-state index is 0.0421. The Kier molecular flexibility index (Phi) is 3.93. The summed E-state index contributed by atoms with van der Waals surface area (Å²) in [5.74, 6) is -1.34. The van der Waals surface area contributed by atoms with Gasteiger partial charge in [0.1, 0.15) is 11.5 Å². The third-order valence-corrected chi connectivity index (χ3v) is 2.75. The lowest BCUT2D eigenvalue weighted by molar-refractivity contribution is -0.141. The number of hydrogen-bond acceptors (Lipinski definition) is 3. The Balaban J connectivity index is 2.51. The van der Waals surface area contributed by atoms with Crippen LogP contribution in [-0.2, 0) is 10.9 Å². The third kappa shape index (κ3) is 3.18. The van der Waals surface area contributed by atoms with Crippen LogP contribution in [0.1, 0.15) is 16.1 Å². The lowest BCUT2D eigenvalue weighted by atomic mass is 10.0. The molecule has 21 heavy (non-hydrogen) atoms. The maximum absolute atomic E-state index is 13.3. The normalized spacial score (nSPS) is 11.3. The molecule has 0 aliphatic carbocycles. The average molecular weight is 299 g/mol. The zero-order chi connectivity index (χ0) is 15.6. The highest BCUT2D eigenvalue weighted by Gasteiger charge is 2.32. The second-order valence-corrected chi connectivity index (χ2v) is 4.11. The van der Waals surface area contributed by atoms with Crippen molar-refractivity contribution in [2.75, 3.05) is 7.11 Å². The van der Waals surface area contributed by atoms with Crippen LogP contribution in [0.5, 0.6) is 0 Å². The molecule has 0 atom stereocenters. The summed E-state index contributed by atoms with van der Waals surface area (Å²) in [6, 6.07) is 5.19. The molecule has 1 aromatic carbocycles. The van der Waals surface area contributed by atoms with Gasteiger partial charge in [-0.2, -0.15) is 13.2 Å². The molecule has 0 fully saturated rings. The monoisotopic (exact) mass is 299 g/mol. The van der Waals surface area contributed by atoms with E-state index in [1.54, 1.807) is 0 Å². The number of nitrogens with zero attached hydrogens (tertiary/aromatic N) is 1. The van der Waals surface area contributed by atoms with Crippen molar-refractivity contribution in [3.8, 4) is 11.1 Å². The smallest absolute Gasteiger partial charge is 0.433 e. The fourth-order valence-electron chi connectivity index (χ4n) is 1.76. The van der Waals surface area contributed by atoms with Gasteiger partial charge in [0.05, 0.1) is 12.7 Å². The molecular formula is C14H9F4NO2. The van der Waals surface area contributed by atoms with Crippen molar-refractivity contribution >= 4 is 5.97 Å². The van der Waals surface area contributed by atoms with Crippen molar-refractivity contribution in [2.45, 2.75) is 6.18 Å². The number of aromatic nitrogens is 1. The molecule has 0 bridgehead atoms. The Hall–Kier alpha value is -2.44. The maximum Gasteiger partial charge on any atom is 0.433 e. The van der Waals surface area contributed by atoms with Crippen molar-refractivity contribution in [1.82, 2.24) is 4.98 Å². The van der Waals surface area contributed by atoms with Crippen LogP contribution in [0, 0.1) is 5.82 Å². The minimum atomic E-state index is -4.56. The molecule has 0 saturated heterocycles. The number of halogens is 4. The summed E-state index contributed by atoms with van der Waals surface area (Å²) in [7, 11) is 1.15. The molecule has 0 saturated carbocycles. The van der Waals surface area contributed by atoms with Crippen LogP contribution in [0.15, 0.2) is 36.5 Å². The maximum atomic E-state index is 13.3. The summed E-state index contributed by atoms with van der Waals surface area (Å²) in [6.07, 6.45) is -3.63. The molecule has 1 aromatic heterocycles. The van der Waals surface area contributed by atoms with E-state index in [1.165, 1.54) is 6.07 Å². The molecule has 0 aliphatic heterocycles. The van der Waals surface area contributed by atoms with Gasteiger partial charge in [-0.3, -0.25) is 4.98 Å². The average Bonchev–Trinajstić information content (AvgIpc) is 2.45. The van der Waals surface area contributed by atoms with E-state index in [0.29, 0.717) is 0 Å². The predicted molar refractivity (Wildman–Crippen MR) is 66.0 cm³/mol. The number of benzene rings is 1. The Labute approximate surface area is 117 Å². The number of ether oxygens (including phenoxy) is 1. The molecule has 7 heteroatoms. The first-order valence-corrected chi connectivity index (χ1v) is 5.74. The standard InChI is InChI=1S/C14H9F4NO2/c1-21-13(20)10-4-3-9(15)6-11(10)8-2-5-12(19-7-8)14(16,17)18/h2-7H,1H3. The van der Waals surface area contributed by atoms with Gasteiger partial charge in [0.25, 0.3) is 0 Å². The first-order chi connectivity index (χ1) is 9.82. The number of esters is 1. The topological polar surface area (TPSA) is 39.2 Å². The molecule has 0 N–H and O–H groups in total. The molecule has 0 spiro atoms. The number of rotatable bonds is 2. The van der Waals surface area contributed by atoms with Crippen molar-refractivity contribution in [1.29, 1.82) is 0 Å². The van der Waals surface area contributed by atoms with Crippen LogP contribution in [-0.4, -0.2) is 18.1 Å². The van der Waals surface area contributed by atoms with Crippen LogP contribution in [0.4, 0.5) is 17.6 Å². The Morgan fingerprint density at radius 3 is 2.43 bits per heavy atom. The molecule has 0 unspecified atom stereocenters. The Morgan fingerprint density at radius 1 is 1.19 bits per heavy atom. The van der Waals surface area contributed by atoms with Gasteiger partial charge in [-0.05, 0) is 24.3 Å². The number of hydrogen-bond donors (Lipinski definition) is 0. The van der Waals surface area contributed by atoms with E-state index < -0.39 is 23.7 Å². The number of carbonyl (C=O) groups excluding carboxylic acids is 1. The lowest BCUT2D eigenvalue weighted by Crippen LogP contribution is -2.08. The minimum Gasteiger partial charge on any atom is -0.465 e. The molecule has 2 rings (SSSR count). The first kappa shape index (κ1) is 15.0. The molecule has 1 heterocycles. The van der Waals surface area contributed by atoms with Crippen LogP contribution < -0.4 is 0 Å². The summed E-state index contributed by atoms with van der Waals surface area (Å²) < 4.78 is 55.2.